The highest BCUT2D eigenvalue weighted by Gasteiger charge is 2.41. The normalized spacial score (nSPS) is 29.1. The molecule has 4 heterocycles. The van der Waals surface area contributed by atoms with Gasteiger partial charge in [0.15, 0.2) is 11.8 Å². The van der Waals surface area contributed by atoms with E-state index >= 15 is 0 Å². The van der Waals surface area contributed by atoms with Crippen LogP contribution in [-0.4, -0.2) is 46.0 Å². The maximum absolute atomic E-state index is 5.88. The summed E-state index contributed by atoms with van der Waals surface area (Å²) in [6, 6.07) is 0.386. The summed E-state index contributed by atoms with van der Waals surface area (Å²) in [4.78, 5) is 4.33. The molecule has 0 saturated carbocycles. The number of hydrogen-bond donors (Lipinski definition) is 2. The van der Waals surface area contributed by atoms with Gasteiger partial charge in [-0.25, -0.2) is 0 Å². The first-order valence-electron chi connectivity index (χ1n) is 8.37. The molecule has 3 atom stereocenters. The highest BCUT2D eigenvalue weighted by molar-refractivity contribution is 14.0. The fourth-order valence-corrected chi connectivity index (χ4v) is 3.82. The van der Waals surface area contributed by atoms with Gasteiger partial charge in [-0.1, -0.05) is 0 Å². The summed E-state index contributed by atoms with van der Waals surface area (Å²) in [5.74, 6) is 2.95. The van der Waals surface area contributed by atoms with Crippen LogP contribution in [0.3, 0.4) is 0 Å². The summed E-state index contributed by atoms with van der Waals surface area (Å²) < 4.78 is 8.12. The molecule has 2 N–H and O–H groups in total. The fourth-order valence-electron chi connectivity index (χ4n) is 3.82. The second-order valence-electron chi connectivity index (χ2n) is 6.43. The van der Waals surface area contributed by atoms with E-state index in [2.05, 4.69) is 30.4 Å². The number of aryl methyl sites for hydroxylation is 1. The van der Waals surface area contributed by atoms with Crippen molar-refractivity contribution < 1.29 is 4.74 Å². The summed E-state index contributed by atoms with van der Waals surface area (Å²) in [5.41, 5.74) is 0. The molecule has 8 heteroatoms. The highest BCUT2D eigenvalue weighted by Crippen LogP contribution is 2.34. The molecule has 2 saturated heterocycles. The van der Waals surface area contributed by atoms with Crippen molar-refractivity contribution in [2.45, 2.75) is 69.9 Å². The predicted molar refractivity (Wildman–Crippen MR) is 98.0 cm³/mol. The van der Waals surface area contributed by atoms with Crippen LogP contribution in [0, 0.1) is 0 Å². The number of aromatic nitrogens is 3. The van der Waals surface area contributed by atoms with Crippen molar-refractivity contribution >= 4 is 29.9 Å². The quantitative estimate of drug-likeness (QED) is 0.427. The number of nitrogens with zero attached hydrogens (tertiary/aromatic N) is 4. The van der Waals surface area contributed by atoms with E-state index in [0.29, 0.717) is 24.8 Å². The topological polar surface area (TPSA) is 76.4 Å². The summed E-state index contributed by atoms with van der Waals surface area (Å²) in [7, 11) is 1.81. The Balaban J connectivity index is 0.00000156. The first kappa shape index (κ1) is 16.9. The van der Waals surface area contributed by atoms with E-state index in [1.54, 1.807) is 0 Å². The molecule has 0 radical (unpaired) electrons. The molecule has 0 spiro atoms. The number of rotatable bonds is 3. The van der Waals surface area contributed by atoms with Gasteiger partial charge in [0.25, 0.3) is 0 Å². The zero-order valence-electron chi connectivity index (χ0n) is 13.5. The molecule has 3 unspecified atom stereocenters. The predicted octanol–water partition coefficient (Wildman–Crippen LogP) is 1.22. The number of fused-ring (bicyclic) bond motifs is 3. The largest absolute Gasteiger partial charge is 0.373 e. The first-order chi connectivity index (χ1) is 10.8. The molecule has 0 amide bonds. The molecule has 23 heavy (non-hydrogen) atoms. The van der Waals surface area contributed by atoms with Gasteiger partial charge in [0, 0.05) is 20.0 Å². The molecule has 7 nitrogen and oxygen atoms in total. The van der Waals surface area contributed by atoms with E-state index in [0.717, 1.165) is 43.4 Å². The van der Waals surface area contributed by atoms with Crippen LogP contribution in [0.4, 0.5) is 0 Å². The van der Waals surface area contributed by atoms with E-state index in [9.17, 15) is 0 Å². The second-order valence-corrected chi connectivity index (χ2v) is 6.43. The van der Waals surface area contributed by atoms with Crippen molar-refractivity contribution in [2.75, 3.05) is 7.05 Å². The van der Waals surface area contributed by atoms with Crippen molar-refractivity contribution in [1.29, 1.82) is 0 Å². The van der Waals surface area contributed by atoms with Crippen LogP contribution in [0.1, 0.15) is 43.8 Å². The number of guanidine groups is 1. The minimum absolute atomic E-state index is 0. The Hall–Kier alpha value is -0.900. The highest BCUT2D eigenvalue weighted by atomic mass is 127. The van der Waals surface area contributed by atoms with Crippen LogP contribution < -0.4 is 10.6 Å². The average molecular weight is 432 g/mol. The molecule has 2 bridgehead atoms. The average Bonchev–Trinajstić information content (AvgIpc) is 3.26. The molecule has 3 aliphatic rings. The fraction of sp³-hybridized carbons (Fsp3) is 0.800. The van der Waals surface area contributed by atoms with E-state index < -0.39 is 0 Å². The van der Waals surface area contributed by atoms with Crippen LogP contribution in [0.2, 0.25) is 0 Å². The number of nitrogens with one attached hydrogen (secondary N) is 2. The number of hydrogen-bond acceptors (Lipinski definition) is 4. The van der Waals surface area contributed by atoms with Crippen molar-refractivity contribution in [3.63, 3.8) is 0 Å². The molecule has 0 aliphatic carbocycles. The molecule has 4 rings (SSSR count). The molecule has 128 valence electrons. The second kappa shape index (κ2) is 7.33. The molecule has 1 aromatic rings. The monoisotopic (exact) mass is 432 g/mol. The molecule has 1 aromatic heterocycles. The molecular weight excluding hydrogens is 407 g/mol. The zero-order valence-corrected chi connectivity index (χ0v) is 15.8. The Labute approximate surface area is 153 Å². The maximum Gasteiger partial charge on any atom is 0.191 e. The van der Waals surface area contributed by atoms with Crippen LogP contribution >= 0.6 is 24.0 Å². The number of aliphatic imine (C=N–C) groups is 1. The molecule has 0 aromatic carbocycles. The Morgan fingerprint density at radius 2 is 2.26 bits per heavy atom. The van der Waals surface area contributed by atoms with E-state index in [1.807, 2.05) is 7.05 Å². The van der Waals surface area contributed by atoms with Gasteiger partial charge in [0.05, 0.1) is 24.8 Å². The third-order valence-corrected chi connectivity index (χ3v) is 5.00. The summed E-state index contributed by atoms with van der Waals surface area (Å²) in [6.07, 6.45) is 7.74. The van der Waals surface area contributed by atoms with Crippen molar-refractivity contribution in [2.24, 2.45) is 4.99 Å². The minimum Gasteiger partial charge on any atom is -0.373 e. The third-order valence-electron chi connectivity index (χ3n) is 5.00. The van der Waals surface area contributed by atoms with E-state index in [4.69, 9.17) is 4.74 Å². The van der Waals surface area contributed by atoms with Crippen LogP contribution in [0.15, 0.2) is 4.99 Å². The lowest BCUT2D eigenvalue weighted by Crippen LogP contribution is -2.47. The summed E-state index contributed by atoms with van der Waals surface area (Å²) in [6.45, 7) is 1.69. The minimum atomic E-state index is 0. The number of halogens is 1. The van der Waals surface area contributed by atoms with Gasteiger partial charge in [-0.05, 0) is 32.1 Å². The van der Waals surface area contributed by atoms with Gasteiger partial charge in [-0.2, -0.15) is 0 Å². The Morgan fingerprint density at radius 3 is 3.00 bits per heavy atom. The van der Waals surface area contributed by atoms with Gasteiger partial charge in [0.1, 0.15) is 5.82 Å². The lowest BCUT2D eigenvalue weighted by atomic mass is 9.96. The van der Waals surface area contributed by atoms with E-state index in [-0.39, 0.29) is 24.0 Å². The SMILES string of the molecule is CN=C(NCc1nnc2n1CCCC2)NC1CC2CCC1O2.I. The Kier molecular flexibility index (Phi) is 5.40. The van der Waals surface area contributed by atoms with Gasteiger partial charge in [0.2, 0.25) is 0 Å². The first-order valence-corrected chi connectivity index (χ1v) is 8.37. The van der Waals surface area contributed by atoms with Gasteiger partial charge in [-0.3, -0.25) is 4.99 Å². The van der Waals surface area contributed by atoms with Crippen molar-refractivity contribution in [3.05, 3.63) is 11.6 Å². The van der Waals surface area contributed by atoms with Gasteiger partial charge in [-0.15, -0.1) is 34.2 Å². The van der Waals surface area contributed by atoms with E-state index in [1.165, 1.54) is 19.3 Å². The molecule has 2 fully saturated rings. The van der Waals surface area contributed by atoms with Crippen LogP contribution in [-0.2, 0) is 24.2 Å². The van der Waals surface area contributed by atoms with Crippen molar-refractivity contribution in [3.8, 4) is 0 Å². The summed E-state index contributed by atoms with van der Waals surface area (Å²) >= 11 is 0. The van der Waals surface area contributed by atoms with Gasteiger partial charge >= 0.3 is 0 Å². The Morgan fingerprint density at radius 1 is 1.35 bits per heavy atom. The third kappa shape index (κ3) is 3.47. The van der Waals surface area contributed by atoms with Gasteiger partial charge < -0.3 is 19.9 Å². The maximum atomic E-state index is 5.88. The molecule has 3 aliphatic heterocycles. The standard InChI is InChI=1S/C15H24N6O.HI/c1-16-15(18-11-8-10-5-6-12(11)22-10)17-9-14-20-19-13-4-2-3-7-21(13)14;/h10-12H,2-9H2,1H3,(H2,16,17,18);1H. The lowest BCUT2D eigenvalue weighted by Gasteiger charge is -2.22. The summed E-state index contributed by atoms with van der Waals surface area (Å²) in [5, 5.41) is 15.5. The number of ether oxygens (including phenoxy) is 1. The van der Waals surface area contributed by atoms with Crippen LogP contribution in [0.25, 0.3) is 0 Å². The van der Waals surface area contributed by atoms with Crippen LogP contribution in [0.5, 0.6) is 0 Å². The Bertz CT molecular complexity index is 574. The van der Waals surface area contributed by atoms with Crippen molar-refractivity contribution in [1.82, 2.24) is 25.4 Å². The molecular formula is C15H25IN6O. The zero-order chi connectivity index (χ0) is 14.9. The smallest absolute Gasteiger partial charge is 0.191 e. The lowest BCUT2D eigenvalue weighted by molar-refractivity contribution is 0.0992.